The molecule has 15 heavy (non-hydrogen) atoms. The van der Waals surface area contributed by atoms with Crippen LogP contribution in [0.2, 0.25) is 0 Å². The number of nitrogens with zero attached hydrogens (tertiary/aromatic N) is 1. The molecule has 2 aliphatic rings. The molecule has 1 aromatic rings. The average molecular weight is 203 g/mol. The summed E-state index contributed by atoms with van der Waals surface area (Å²) < 4.78 is 5.83. The molecule has 1 atom stereocenters. The summed E-state index contributed by atoms with van der Waals surface area (Å²) in [7, 11) is 0. The zero-order chi connectivity index (χ0) is 10.3. The van der Waals surface area contributed by atoms with Crippen molar-refractivity contribution in [2.24, 2.45) is 0 Å². The van der Waals surface area contributed by atoms with Gasteiger partial charge in [-0.25, -0.2) is 0 Å². The van der Waals surface area contributed by atoms with Crippen LogP contribution in [0.4, 0.5) is 0 Å². The summed E-state index contributed by atoms with van der Waals surface area (Å²) >= 11 is 0. The normalized spacial score (nSPS) is 29.6. The molecule has 2 aliphatic heterocycles. The predicted octanol–water partition coefficient (Wildman–Crippen LogP) is 1.49. The molecule has 0 saturated carbocycles. The van der Waals surface area contributed by atoms with Crippen LogP contribution >= 0.6 is 0 Å². The van der Waals surface area contributed by atoms with Gasteiger partial charge in [0.05, 0.1) is 6.61 Å². The molecular formula is C12H13NO2. The van der Waals surface area contributed by atoms with Crippen LogP contribution in [-0.2, 0) is 15.3 Å². The molecule has 3 heteroatoms. The Labute approximate surface area is 88.6 Å². The van der Waals surface area contributed by atoms with E-state index in [9.17, 15) is 4.79 Å². The minimum Gasteiger partial charge on any atom is -0.349 e. The van der Waals surface area contributed by atoms with E-state index in [1.807, 2.05) is 35.2 Å². The lowest BCUT2D eigenvalue weighted by Crippen LogP contribution is -2.38. The lowest BCUT2D eigenvalue weighted by atomic mass is 10.0. The lowest BCUT2D eigenvalue weighted by molar-refractivity contribution is -0.137. The second kappa shape index (κ2) is 3.07. The van der Waals surface area contributed by atoms with Crippen molar-refractivity contribution < 1.29 is 9.53 Å². The number of benzene rings is 1. The molecular weight excluding hydrogens is 190 g/mol. The summed E-state index contributed by atoms with van der Waals surface area (Å²) in [5, 5.41) is 0. The Morgan fingerprint density at radius 1 is 1.27 bits per heavy atom. The maximum atomic E-state index is 11.7. The Hall–Kier alpha value is -1.35. The molecule has 3 rings (SSSR count). The molecule has 0 radical (unpaired) electrons. The fourth-order valence-corrected chi connectivity index (χ4v) is 2.59. The number of hydrogen-bond acceptors (Lipinski definition) is 2. The van der Waals surface area contributed by atoms with Crippen molar-refractivity contribution in [2.45, 2.75) is 18.6 Å². The minimum atomic E-state index is -0.446. The highest BCUT2D eigenvalue weighted by molar-refractivity contribution is 5.80. The summed E-state index contributed by atoms with van der Waals surface area (Å²) in [6, 6.07) is 10.0. The van der Waals surface area contributed by atoms with E-state index in [2.05, 4.69) is 0 Å². The van der Waals surface area contributed by atoms with Gasteiger partial charge in [0, 0.05) is 24.9 Å². The van der Waals surface area contributed by atoms with Crippen LogP contribution in [0.1, 0.15) is 18.4 Å². The van der Waals surface area contributed by atoms with Crippen molar-refractivity contribution in [3.63, 3.8) is 0 Å². The van der Waals surface area contributed by atoms with Gasteiger partial charge in [0.25, 0.3) is 0 Å². The van der Waals surface area contributed by atoms with Crippen LogP contribution in [0.5, 0.6) is 0 Å². The smallest absolute Gasteiger partial charge is 0.225 e. The van der Waals surface area contributed by atoms with Crippen LogP contribution in [0.15, 0.2) is 30.3 Å². The van der Waals surface area contributed by atoms with Gasteiger partial charge >= 0.3 is 0 Å². The van der Waals surface area contributed by atoms with E-state index in [0.717, 1.165) is 18.5 Å². The van der Waals surface area contributed by atoms with Gasteiger partial charge in [0.2, 0.25) is 5.91 Å². The van der Waals surface area contributed by atoms with Crippen LogP contribution in [0, 0.1) is 0 Å². The standard InChI is InChI=1S/C12H13NO2/c14-11-6-7-12(13(11)8-9-15-12)10-4-2-1-3-5-10/h1-5H,6-9H2/t12-/m1/s1. The minimum absolute atomic E-state index is 0.219. The van der Waals surface area contributed by atoms with E-state index in [1.165, 1.54) is 0 Å². The fraction of sp³-hybridized carbons (Fsp3) is 0.417. The summed E-state index contributed by atoms with van der Waals surface area (Å²) in [4.78, 5) is 13.6. The quantitative estimate of drug-likeness (QED) is 0.692. The van der Waals surface area contributed by atoms with Gasteiger partial charge in [0.1, 0.15) is 0 Å². The van der Waals surface area contributed by atoms with Crippen molar-refractivity contribution in [1.82, 2.24) is 4.90 Å². The monoisotopic (exact) mass is 203 g/mol. The van der Waals surface area contributed by atoms with E-state index in [1.54, 1.807) is 0 Å². The zero-order valence-corrected chi connectivity index (χ0v) is 8.48. The second-order valence-electron chi connectivity index (χ2n) is 4.04. The molecule has 2 saturated heterocycles. The van der Waals surface area contributed by atoms with Crippen molar-refractivity contribution in [3.8, 4) is 0 Å². The van der Waals surface area contributed by atoms with E-state index in [-0.39, 0.29) is 5.91 Å². The van der Waals surface area contributed by atoms with Gasteiger partial charge in [-0.05, 0) is 0 Å². The van der Waals surface area contributed by atoms with Gasteiger partial charge in [-0.3, -0.25) is 4.79 Å². The predicted molar refractivity (Wildman–Crippen MR) is 55.0 cm³/mol. The molecule has 1 amide bonds. The highest BCUT2D eigenvalue weighted by atomic mass is 16.5. The highest BCUT2D eigenvalue weighted by Crippen LogP contribution is 2.43. The van der Waals surface area contributed by atoms with E-state index in [4.69, 9.17) is 4.74 Å². The van der Waals surface area contributed by atoms with Gasteiger partial charge in [0.15, 0.2) is 5.72 Å². The molecule has 0 bridgehead atoms. The Morgan fingerprint density at radius 2 is 2.07 bits per heavy atom. The molecule has 0 unspecified atom stereocenters. The zero-order valence-electron chi connectivity index (χ0n) is 8.48. The van der Waals surface area contributed by atoms with Crippen LogP contribution in [-0.4, -0.2) is 24.0 Å². The Bertz CT molecular complexity index is 390. The van der Waals surface area contributed by atoms with Crippen molar-refractivity contribution in [3.05, 3.63) is 35.9 Å². The van der Waals surface area contributed by atoms with E-state index in [0.29, 0.717) is 13.0 Å². The summed E-state index contributed by atoms with van der Waals surface area (Å²) in [6.45, 7) is 1.38. The van der Waals surface area contributed by atoms with Gasteiger partial charge < -0.3 is 9.64 Å². The third-order valence-corrected chi connectivity index (χ3v) is 3.30. The molecule has 0 N–H and O–H groups in total. The molecule has 0 aliphatic carbocycles. The molecule has 0 aromatic heterocycles. The fourth-order valence-electron chi connectivity index (χ4n) is 2.59. The number of amides is 1. The third kappa shape index (κ3) is 1.13. The SMILES string of the molecule is O=C1CC[C@]2(c3ccccc3)OCCN12. The average Bonchev–Trinajstić information content (AvgIpc) is 2.83. The molecule has 2 fully saturated rings. The first-order valence-electron chi connectivity index (χ1n) is 5.33. The van der Waals surface area contributed by atoms with E-state index >= 15 is 0 Å². The highest BCUT2D eigenvalue weighted by Gasteiger charge is 2.50. The maximum Gasteiger partial charge on any atom is 0.225 e. The molecule has 2 heterocycles. The Kier molecular flexibility index (Phi) is 1.83. The summed E-state index contributed by atoms with van der Waals surface area (Å²) in [5.41, 5.74) is 0.659. The van der Waals surface area contributed by atoms with Gasteiger partial charge in [-0.15, -0.1) is 0 Å². The lowest BCUT2D eigenvalue weighted by Gasteiger charge is -2.30. The third-order valence-electron chi connectivity index (χ3n) is 3.30. The molecule has 0 spiro atoms. The van der Waals surface area contributed by atoms with E-state index < -0.39 is 5.72 Å². The number of carbonyl (C=O) groups excluding carboxylic acids is 1. The largest absolute Gasteiger partial charge is 0.349 e. The number of carbonyl (C=O) groups is 1. The first kappa shape index (κ1) is 8.92. The molecule has 3 nitrogen and oxygen atoms in total. The summed E-state index contributed by atoms with van der Waals surface area (Å²) in [5.74, 6) is 0.219. The van der Waals surface area contributed by atoms with Gasteiger partial charge in [-0.2, -0.15) is 0 Å². The number of fused-ring (bicyclic) bond motifs is 1. The van der Waals surface area contributed by atoms with Crippen molar-refractivity contribution >= 4 is 5.91 Å². The molecule has 78 valence electrons. The number of rotatable bonds is 1. The first-order chi connectivity index (χ1) is 7.33. The van der Waals surface area contributed by atoms with Gasteiger partial charge in [-0.1, -0.05) is 30.3 Å². The molecule has 1 aromatic carbocycles. The van der Waals surface area contributed by atoms with Crippen LogP contribution in [0.3, 0.4) is 0 Å². The number of ether oxygens (including phenoxy) is 1. The Morgan fingerprint density at radius 3 is 2.87 bits per heavy atom. The Balaban J connectivity index is 2.06. The number of hydrogen-bond donors (Lipinski definition) is 0. The van der Waals surface area contributed by atoms with Crippen LogP contribution in [0.25, 0.3) is 0 Å². The second-order valence-corrected chi connectivity index (χ2v) is 4.04. The summed E-state index contributed by atoms with van der Waals surface area (Å²) in [6.07, 6.45) is 1.39. The first-order valence-corrected chi connectivity index (χ1v) is 5.33. The topological polar surface area (TPSA) is 29.5 Å². The van der Waals surface area contributed by atoms with Crippen molar-refractivity contribution in [1.29, 1.82) is 0 Å². The van der Waals surface area contributed by atoms with Crippen LogP contribution < -0.4 is 0 Å². The van der Waals surface area contributed by atoms with Crippen molar-refractivity contribution in [2.75, 3.05) is 13.2 Å². The maximum absolute atomic E-state index is 11.7.